The minimum Gasteiger partial charge on any atom is -0.366 e. The van der Waals surface area contributed by atoms with Crippen LogP contribution in [0.1, 0.15) is 76.1 Å². The first-order valence-electron chi connectivity index (χ1n) is 20.5. The average Bonchev–Trinajstić information content (AvgIpc) is 3.60. The van der Waals surface area contributed by atoms with Gasteiger partial charge in [0.2, 0.25) is 0 Å². The second-order valence-electron chi connectivity index (χ2n) is 16.5. The Morgan fingerprint density at radius 3 is 1.47 bits per heavy atom. The van der Waals surface area contributed by atoms with Gasteiger partial charge in [0, 0.05) is 11.1 Å². The third-order valence-corrected chi connectivity index (χ3v) is 13.1. The molecular formula is C56H44N2. The molecule has 3 aliphatic rings. The first-order valence-corrected chi connectivity index (χ1v) is 20.5. The Balaban J connectivity index is 0.960. The third-order valence-electron chi connectivity index (χ3n) is 13.1. The summed E-state index contributed by atoms with van der Waals surface area (Å²) in [6, 6.07) is 74.0. The van der Waals surface area contributed by atoms with Crippen molar-refractivity contribution in [3.63, 3.8) is 0 Å². The van der Waals surface area contributed by atoms with Crippen molar-refractivity contribution in [2.75, 3.05) is 0 Å². The quantitative estimate of drug-likeness (QED) is 0.183. The molecular weight excluding hydrogens is 701 g/mol. The van der Waals surface area contributed by atoms with Gasteiger partial charge in [0.05, 0.1) is 11.5 Å². The second kappa shape index (κ2) is 13.4. The number of fused-ring (bicyclic) bond motifs is 9. The van der Waals surface area contributed by atoms with E-state index < -0.39 is 5.41 Å². The van der Waals surface area contributed by atoms with Crippen LogP contribution in [0.4, 0.5) is 0 Å². The molecule has 0 bridgehead atoms. The normalized spacial score (nSPS) is 17.9. The fraction of sp³-hybridized carbons (Fsp3) is 0.107. The first-order chi connectivity index (χ1) is 28.5. The zero-order valence-corrected chi connectivity index (χ0v) is 32.8. The van der Waals surface area contributed by atoms with Crippen LogP contribution in [0.3, 0.4) is 0 Å². The van der Waals surface area contributed by atoms with Crippen LogP contribution >= 0.6 is 0 Å². The van der Waals surface area contributed by atoms with Gasteiger partial charge in [-0.25, -0.2) is 0 Å². The van der Waals surface area contributed by atoms with E-state index in [1.807, 2.05) is 0 Å². The minimum absolute atomic E-state index is 0.00523. The van der Waals surface area contributed by atoms with Crippen molar-refractivity contribution in [2.24, 2.45) is 0 Å². The summed E-state index contributed by atoms with van der Waals surface area (Å²) in [5.41, 5.74) is 20.1. The van der Waals surface area contributed by atoms with Gasteiger partial charge in [-0.2, -0.15) is 0 Å². The van der Waals surface area contributed by atoms with E-state index in [0.717, 1.165) is 5.70 Å². The molecule has 2 heteroatoms. The molecule has 2 nitrogen and oxygen atoms in total. The maximum atomic E-state index is 3.80. The molecule has 0 amide bonds. The van der Waals surface area contributed by atoms with Crippen LogP contribution in [0, 0.1) is 0 Å². The van der Waals surface area contributed by atoms with Crippen molar-refractivity contribution in [2.45, 2.75) is 36.9 Å². The zero-order chi connectivity index (χ0) is 38.8. The van der Waals surface area contributed by atoms with Gasteiger partial charge < -0.3 is 5.32 Å². The molecule has 2 N–H and O–H groups in total. The Morgan fingerprint density at radius 1 is 0.379 bits per heavy atom. The van der Waals surface area contributed by atoms with E-state index in [-0.39, 0.29) is 17.6 Å². The fourth-order valence-electron chi connectivity index (χ4n) is 10.3. The van der Waals surface area contributed by atoms with Crippen molar-refractivity contribution in [1.82, 2.24) is 10.6 Å². The number of hydrogen-bond donors (Lipinski definition) is 2. The summed E-state index contributed by atoms with van der Waals surface area (Å²) in [4.78, 5) is 0. The molecule has 0 aromatic heterocycles. The summed E-state index contributed by atoms with van der Waals surface area (Å²) in [5.74, 6) is 0. The van der Waals surface area contributed by atoms with Gasteiger partial charge >= 0.3 is 0 Å². The first kappa shape index (κ1) is 34.5. The molecule has 278 valence electrons. The van der Waals surface area contributed by atoms with Crippen molar-refractivity contribution < 1.29 is 0 Å². The summed E-state index contributed by atoms with van der Waals surface area (Å²) < 4.78 is 0. The van der Waals surface area contributed by atoms with E-state index >= 15 is 0 Å². The fourth-order valence-corrected chi connectivity index (χ4v) is 10.3. The molecule has 0 radical (unpaired) electrons. The second-order valence-corrected chi connectivity index (χ2v) is 16.5. The highest BCUT2D eigenvalue weighted by Crippen LogP contribution is 2.63. The Bertz CT molecular complexity index is 2800. The summed E-state index contributed by atoms with van der Waals surface area (Å²) in [7, 11) is 0. The highest BCUT2D eigenvalue weighted by Gasteiger charge is 2.53. The van der Waals surface area contributed by atoms with Gasteiger partial charge in [0.1, 0.15) is 6.17 Å². The molecule has 8 aromatic carbocycles. The number of benzene rings is 8. The van der Waals surface area contributed by atoms with E-state index in [2.05, 4.69) is 231 Å². The molecule has 2 atom stereocenters. The third kappa shape index (κ3) is 5.22. The lowest BCUT2D eigenvalue weighted by molar-refractivity contribution is 0.442. The molecule has 2 aliphatic carbocycles. The highest BCUT2D eigenvalue weighted by atomic mass is 15.2. The summed E-state index contributed by atoms with van der Waals surface area (Å²) in [6.07, 6.45) is 2.30. The van der Waals surface area contributed by atoms with Crippen LogP contribution in [0.2, 0.25) is 0 Å². The molecule has 0 saturated heterocycles. The average molecular weight is 745 g/mol. The van der Waals surface area contributed by atoms with E-state index in [1.165, 1.54) is 83.5 Å². The van der Waals surface area contributed by atoms with Crippen LogP contribution in [-0.2, 0) is 10.8 Å². The lowest BCUT2D eigenvalue weighted by Crippen LogP contribution is -2.40. The maximum Gasteiger partial charge on any atom is 0.104 e. The van der Waals surface area contributed by atoms with Crippen molar-refractivity contribution >= 4 is 5.70 Å². The summed E-state index contributed by atoms with van der Waals surface area (Å²) in [5, 5.41) is 7.59. The van der Waals surface area contributed by atoms with E-state index in [9.17, 15) is 0 Å². The van der Waals surface area contributed by atoms with Gasteiger partial charge in [-0.05, 0) is 89.5 Å². The molecule has 0 saturated carbocycles. The Labute approximate surface area is 341 Å². The van der Waals surface area contributed by atoms with Crippen LogP contribution in [0.15, 0.2) is 206 Å². The highest BCUT2D eigenvalue weighted by molar-refractivity contribution is 5.96. The maximum absolute atomic E-state index is 3.80. The number of hydrogen-bond acceptors (Lipinski definition) is 2. The molecule has 0 fully saturated rings. The SMILES string of the molecule is CC1(C)c2ccccc2C2(c3ccccc3-c3c(-c4ccc(-c5ccc(C6=CC(c7ccccc7)NC(c7ccccc7)N6)cc5)cc4)cccc32)c2ccccc21. The largest absolute Gasteiger partial charge is 0.366 e. The summed E-state index contributed by atoms with van der Waals surface area (Å²) in [6.45, 7) is 4.77. The molecule has 2 unspecified atom stereocenters. The predicted octanol–water partition coefficient (Wildman–Crippen LogP) is 13.0. The summed E-state index contributed by atoms with van der Waals surface area (Å²) >= 11 is 0. The van der Waals surface area contributed by atoms with Crippen molar-refractivity contribution in [1.29, 1.82) is 0 Å². The Morgan fingerprint density at radius 2 is 0.845 bits per heavy atom. The van der Waals surface area contributed by atoms with E-state index in [4.69, 9.17) is 0 Å². The lowest BCUT2D eigenvalue weighted by atomic mass is 9.55. The topological polar surface area (TPSA) is 24.1 Å². The zero-order valence-electron chi connectivity index (χ0n) is 32.8. The van der Waals surface area contributed by atoms with E-state index in [0.29, 0.717) is 0 Å². The van der Waals surface area contributed by atoms with Crippen molar-refractivity contribution in [3.8, 4) is 33.4 Å². The predicted molar refractivity (Wildman–Crippen MR) is 239 cm³/mol. The molecule has 8 aromatic rings. The van der Waals surface area contributed by atoms with Gasteiger partial charge in [-0.15, -0.1) is 0 Å². The van der Waals surface area contributed by atoms with E-state index in [1.54, 1.807) is 0 Å². The van der Waals surface area contributed by atoms with Gasteiger partial charge in [0.15, 0.2) is 0 Å². The Hall–Kier alpha value is -6.74. The monoisotopic (exact) mass is 744 g/mol. The molecule has 1 aliphatic heterocycles. The Kier molecular flexibility index (Phi) is 8.00. The van der Waals surface area contributed by atoms with Gasteiger partial charge in [0.25, 0.3) is 0 Å². The van der Waals surface area contributed by atoms with Crippen LogP contribution < -0.4 is 10.6 Å². The number of nitrogens with one attached hydrogen (secondary N) is 2. The van der Waals surface area contributed by atoms with Gasteiger partial charge in [-0.3, -0.25) is 5.32 Å². The standard InChI is InChI=1S/C56H44N2/c1-55(2)46-23-11-13-25-48(46)56(49-26-14-12-24-47(49)55)45-22-10-9-20-44(45)53-43(21-15-27-50(53)56)39-32-28-37(29-33-39)38-30-34-41(35-31-38)52-36-51(40-16-5-3-6-17-40)57-54(58-52)42-18-7-4-8-19-42/h3-36,51,54,57-58H,1-2H3. The molecule has 1 heterocycles. The van der Waals surface area contributed by atoms with Crippen LogP contribution in [0.5, 0.6) is 0 Å². The molecule has 1 spiro atoms. The smallest absolute Gasteiger partial charge is 0.104 e. The minimum atomic E-state index is -0.396. The van der Waals surface area contributed by atoms with Crippen LogP contribution in [-0.4, -0.2) is 0 Å². The molecule has 11 rings (SSSR count). The van der Waals surface area contributed by atoms with Crippen molar-refractivity contribution in [3.05, 3.63) is 256 Å². The van der Waals surface area contributed by atoms with Gasteiger partial charge in [-0.1, -0.05) is 214 Å². The molecule has 58 heavy (non-hydrogen) atoms. The lowest BCUT2D eigenvalue weighted by Gasteiger charge is -2.46. The number of rotatable bonds is 5. The van der Waals surface area contributed by atoms with Crippen LogP contribution in [0.25, 0.3) is 39.1 Å².